The number of rotatable bonds is 15. The van der Waals surface area contributed by atoms with Gasteiger partial charge in [-0.15, -0.1) is 0 Å². The number of carbonyl (C=O) groups is 3. The van der Waals surface area contributed by atoms with E-state index in [1.165, 1.54) is 41.0 Å². The Hall–Kier alpha value is -13.8. The van der Waals surface area contributed by atoms with E-state index in [4.69, 9.17) is 69.6 Å². The van der Waals surface area contributed by atoms with Gasteiger partial charge in [0.1, 0.15) is 61.9 Å². The van der Waals surface area contributed by atoms with Crippen molar-refractivity contribution >= 4 is 137 Å². The van der Waals surface area contributed by atoms with Crippen molar-refractivity contribution in [3.63, 3.8) is 0 Å². The molecule has 3 fully saturated rings. The molecule has 0 bridgehead atoms. The smallest absolute Gasteiger partial charge is 0.276 e. The highest BCUT2D eigenvalue weighted by molar-refractivity contribution is 6.38. The zero-order chi connectivity index (χ0) is 104. The van der Waals surface area contributed by atoms with Gasteiger partial charge in [-0.2, -0.15) is 29.0 Å². The fourth-order valence-electron chi connectivity index (χ4n) is 18.7. The molecule has 0 saturated carbocycles. The third-order valence-electron chi connectivity index (χ3n) is 24.8. The molecule has 0 unspecified atom stereocenters. The number of hydrogen-bond donors (Lipinski definition) is 3. The number of aromatic hydroxyl groups is 3. The molecule has 6 atom stereocenters. The molecule has 15 rings (SSSR count). The third kappa shape index (κ3) is 18.1. The van der Waals surface area contributed by atoms with E-state index in [0.29, 0.717) is 50.8 Å². The number of anilines is 3. The Balaban J connectivity index is 0.000000178. The number of nitrogens with zero attached hydrogens (tertiary/aromatic N) is 18. The number of carbonyl (C=O) groups excluding carboxylic acids is 3. The number of phenols is 3. The van der Waals surface area contributed by atoms with Crippen LogP contribution in [0.3, 0.4) is 0 Å². The lowest BCUT2D eigenvalue weighted by atomic mass is 10.0. The van der Waals surface area contributed by atoms with Crippen molar-refractivity contribution in [1.29, 1.82) is 15.8 Å². The molecule has 3 aliphatic rings. The van der Waals surface area contributed by atoms with Crippen LogP contribution in [0.1, 0.15) is 151 Å². The van der Waals surface area contributed by atoms with Crippen molar-refractivity contribution in [1.82, 2.24) is 58.3 Å². The Morgan fingerprint density at radius 2 is 0.617 bits per heavy atom. The maximum absolute atomic E-state index is 15.4. The van der Waals surface area contributed by atoms with Gasteiger partial charge in [0.25, 0.3) is 16.7 Å². The molecule has 732 valence electrons. The van der Waals surface area contributed by atoms with E-state index >= 15 is 8.78 Å². The normalized spacial score (nSPS) is 16.6. The number of benzene rings is 3. The topological polar surface area (TPSA) is 346 Å². The zero-order valence-corrected chi connectivity index (χ0v) is 82.5. The van der Waals surface area contributed by atoms with E-state index in [2.05, 4.69) is 49.6 Å². The Morgan fingerprint density at radius 3 is 0.858 bits per heavy atom. The summed E-state index contributed by atoms with van der Waals surface area (Å²) in [5.74, 6) is -21.6. The first-order valence-electron chi connectivity index (χ1n) is 43.7. The van der Waals surface area contributed by atoms with Crippen LogP contribution in [0.2, 0.25) is 30.1 Å². The van der Waals surface area contributed by atoms with Crippen molar-refractivity contribution in [2.45, 2.75) is 158 Å². The molecule has 9 aromatic heterocycles. The quantitative estimate of drug-likeness (QED) is 0.0371. The van der Waals surface area contributed by atoms with Gasteiger partial charge >= 0.3 is 0 Å². The van der Waals surface area contributed by atoms with Crippen LogP contribution in [0.4, 0.5) is 56.6 Å². The minimum Gasteiger partial charge on any atom is -0.504 e. The van der Waals surface area contributed by atoms with Gasteiger partial charge in [-0.1, -0.05) is 131 Å². The fraction of sp³-hybridized carbons (Fsp3) is 0.303. The SMILES string of the molecule is C=CC(=O)N1[C@H](C)CN(c2c(C#N)c(=O)n(-c3c(C)ccnc3C(C)C)c3nc(-c4c(O)c(F)c(F)c(Cl)c4F)c(Cl)cc23)C[C@@H]1C.C=CC(=O)N1[C@H](C)CN(c2c(C#N)c(=O)n(-c3c(C)ccnc3C(C)C)c3nc(-c4c(O)c(F)c(F)c(Cl)c4F)c(Cl)cc23)C[C@@H]1C.C=CC(=O)N1[C@H](C)CN(c2c(C#N)c(=O)n(-c3c(C)ccnc3C(C)C)c3nc(-c4c(O)c(F)c(F)c(F)c4Cl)c(Cl)cc23)C[C@@H]1C. The monoisotopic (exact) mass is 2050 g/mol. The summed E-state index contributed by atoms with van der Waals surface area (Å²) >= 11 is 37.6. The van der Waals surface area contributed by atoms with Crippen LogP contribution < -0.4 is 31.4 Å². The van der Waals surface area contributed by atoms with Gasteiger partial charge in [-0.05, 0) is 151 Å². The second-order valence-electron chi connectivity index (χ2n) is 35.1. The molecule has 141 heavy (non-hydrogen) atoms. The Kier molecular flexibility index (Phi) is 30.3. The molecule has 27 nitrogen and oxygen atoms in total. The molecule has 0 radical (unpaired) electrons. The van der Waals surface area contributed by atoms with Gasteiger partial charge in [0, 0.05) is 110 Å². The number of aromatic nitrogens is 9. The van der Waals surface area contributed by atoms with E-state index in [1.807, 2.05) is 101 Å². The highest BCUT2D eigenvalue weighted by atomic mass is 35.5. The van der Waals surface area contributed by atoms with E-state index in [1.54, 1.807) is 87.0 Å². The zero-order valence-electron chi connectivity index (χ0n) is 78.0. The maximum atomic E-state index is 15.4. The van der Waals surface area contributed by atoms with E-state index in [9.17, 15) is 90.6 Å². The molecule has 12 heterocycles. The second-order valence-corrected chi connectivity index (χ2v) is 37.5. The van der Waals surface area contributed by atoms with Gasteiger partial charge in [0.2, 0.25) is 35.2 Å². The van der Waals surface area contributed by atoms with Crippen LogP contribution in [0.5, 0.6) is 17.2 Å². The molecule has 42 heteroatoms. The second kappa shape index (κ2) is 40.8. The lowest BCUT2D eigenvalue weighted by Crippen LogP contribution is -2.58. The minimum absolute atomic E-state index is 0.105. The highest BCUT2D eigenvalue weighted by Crippen LogP contribution is 2.50. The molecule has 0 spiro atoms. The van der Waals surface area contributed by atoms with Gasteiger partial charge in [-0.25, -0.2) is 41.3 Å². The van der Waals surface area contributed by atoms with Crippen LogP contribution in [-0.2, 0) is 14.4 Å². The molecule has 3 N–H and O–H groups in total. The summed E-state index contributed by atoms with van der Waals surface area (Å²) in [6.07, 6.45) is 8.36. The maximum Gasteiger partial charge on any atom is 0.276 e. The number of amides is 3. The van der Waals surface area contributed by atoms with E-state index in [0.717, 1.165) is 9.13 Å². The lowest BCUT2D eigenvalue weighted by molar-refractivity contribution is -0.131. The van der Waals surface area contributed by atoms with Crippen LogP contribution in [-0.4, -0.2) is 167 Å². The lowest BCUT2D eigenvalue weighted by Gasteiger charge is -2.45. The number of fused-ring (bicyclic) bond motifs is 3. The number of phenolic OH excluding ortho intramolecular Hbond substituents is 3. The molecule has 3 amide bonds. The summed E-state index contributed by atoms with van der Waals surface area (Å²) in [5, 5.41) is 59.3. The van der Waals surface area contributed by atoms with Crippen molar-refractivity contribution in [3.8, 4) is 86.3 Å². The van der Waals surface area contributed by atoms with Gasteiger partial charge in [0.05, 0.1) is 105 Å². The van der Waals surface area contributed by atoms with Gasteiger partial charge in [-0.3, -0.25) is 57.4 Å². The predicted octanol–water partition coefficient (Wildman–Crippen LogP) is 20.4. The number of hydrogen-bond acceptors (Lipinski definition) is 21. The Labute approximate surface area is 830 Å². The molecule has 3 aromatic carbocycles. The molecule has 3 saturated heterocycles. The number of nitriles is 3. The number of piperazine rings is 3. The van der Waals surface area contributed by atoms with Crippen molar-refractivity contribution in [2.24, 2.45) is 0 Å². The average Bonchev–Trinajstić information content (AvgIpc) is 0.725. The number of halogens is 15. The molecule has 3 aliphatic heterocycles. The van der Waals surface area contributed by atoms with Crippen molar-refractivity contribution in [3.05, 3.63) is 257 Å². The van der Waals surface area contributed by atoms with Gasteiger partial charge in [0.15, 0.2) is 52.2 Å². The number of aryl methyl sites for hydroxylation is 3. The van der Waals surface area contributed by atoms with E-state index in [-0.39, 0.29) is 193 Å². The Morgan fingerprint density at radius 1 is 0.383 bits per heavy atom. The first-order valence-corrected chi connectivity index (χ1v) is 45.9. The van der Waals surface area contributed by atoms with E-state index < -0.39 is 135 Å². The van der Waals surface area contributed by atoms with Crippen LogP contribution in [0.15, 0.2) is 107 Å². The van der Waals surface area contributed by atoms with Gasteiger partial charge < -0.3 is 44.7 Å². The number of pyridine rings is 9. The summed E-state index contributed by atoms with van der Waals surface area (Å²) in [6.45, 7) is 39.2. The summed E-state index contributed by atoms with van der Waals surface area (Å²) in [5.41, 5.74) is -2.91. The predicted molar refractivity (Wildman–Crippen MR) is 522 cm³/mol. The third-order valence-corrected chi connectivity index (χ3v) is 26.7. The molecular formula is C99H87Cl6F9N18O9. The summed E-state index contributed by atoms with van der Waals surface area (Å²) in [7, 11) is 0. The summed E-state index contributed by atoms with van der Waals surface area (Å²) in [4.78, 5) is 119. The first-order chi connectivity index (χ1) is 66.5. The van der Waals surface area contributed by atoms with Crippen LogP contribution in [0, 0.1) is 107 Å². The minimum atomic E-state index is -1.99. The van der Waals surface area contributed by atoms with Crippen LogP contribution >= 0.6 is 69.6 Å². The molecular weight excluding hydrogens is 1970 g/mol. The van der Waals surface area contributed by atoms with Crippen molar-refractivity contribution in [2.75, 3.05) is 54.0 Å². The molecule has 0 aliphatic carbocycles. The Bertz CT molecular complexity index is 6870. The fourth-order valence-corrected chi connectivity index (χ4v) is 20.1. The van der Waals surface area contributed by atoms with Crippen LogP contribution in [0.25, 0.3) is 83.9 Å². The summed E-state index contributed by atoms with van der Waals surface area (Å²) in [6, 6.07) is 12.9. The molecule has 12 aromatic rings. The first kappa shape index (κ1) is 105. The van der Waals surface area contributed by atoms with Crippen molar-refractivity contribution < 1.29 is 69.2 Å². The highest BCUT2D eigenvalue weighted by Gasteiger charge is 2.43. The standard InChI is InChI=1S/3C33H29Cl2F3N6O3/c2*1-7-21(45)43-16(5)12-42(13-17(43)6)30-18-10-20(34)28(22-24(36)23(35)25(37)26(38)31(22)46)41-32(18)44(33(47)19(30)11-39)29-15(4)8-9-40-27(29)14(2)3;1-7-21(45)43-16(5)12-42(13-17(43)6)30-18-10-20(34)28(22-23(35)24(36)25(37)26(38)31(22)46)41-32(18)44(33(47)19(30)11-39)29-15(4)8-9-40-27(29)14(2)3/h3*7-10,14,16-17,46H,1,12-13H2,2-6H3/t3*16-,17+. The average molecular weight is 2060 g/mol. The summed E-state index contributed by atoms with van der Waals surface area (Å²) < 4.78 is 136. The largest absolute Gasteiger partial charge is 0.504 e.